The van der Waals surface area contributed by atoms with Crippen LogP contribution in [0.25, 0.3) is 0 Å². The van der Waals surface area contributed by atoms with E-state index < -0.39 is 27.6 Å². The number of Topliss-reactive ketones (excluding diaryl/α,β-unsaturated/α-hetero) is 1. The van der Waals surface area contributed by atoms with Crippen molar-refractivity contribution in [3.8, 4) is 0 Å². The van der Waals surface area contributed by atoms with Crippen molar-refractivity contribution >= 4 is 33.4 Å². The molecule has 0 fully saturated rings. The van der Waals surface area contributed by atoms with E-state index in [1.54, 1.807) is 24.3 Å². The largest absolute Gasteiger partial charge is 0.469 e. The molecule has 50 heavy (non-hydrogen) atoms. The van der Waals surface area contributed by atoms with Crippen LogP contribution in [0.15, 0.2) is 103 Å². The van der Waals surface area contributed by atoms with Gasteiger partial charge in [0.15, 0.2) is 9.84 Å². The minimum absolute atomic E-state index is 0.138. The summed E-state index contributed by atoms with van der Waals surface area (Å²) in [6.07, 6.45) is 0.430. The van der Waals surface area contributed by atoms with Gasteiger partial charge in [0.05, 0.1) is 37.4 Å². The number of ketones is 1. The summed E-state index contributed by atoms with van der Waals surface area (Å²) >= 11 is 0. The highest BCUT2D eigenvalue weighted by Gasteiger charge is 2.31. The molecule has 2 atom stereocenters. The number of benzene rings is 4. The molecule has 1 aliphatic heterocycles. The van der Waals surface area contributed by atoms with Crippen molar-refractivity contribution in [2.75, 3.05) is 12.9 Å². The molecule has 0 aromatic heterocycles. The topological polar surface area (TPSA) is 136 Å². The Hall–Kier alpha value is -5.09. The average Bonchev–Trinajstić information content (AvgIpc) is 3.09. The number of hydrogen-bond donors (Lipinski definition) is 2. The predicted molar refractivity (Wildman–Crippen MR) is 190 cm³/mol. The highest BCUT2D eigenvalue weighted by Crippen LogP contribution is 2.23. The maximum Gasteiger partial charge on any atom is 0.309 e. The number of sulfone groups is 1. The summed E-state index contributed by atoms with van der Waals surface area (Å²) in [5.41, 5.74) is 5.34. The van der Waals surface area contributed by atoms with E-state index in [0.717, 1.165) is 33.4 Å². The Morgan fingerprint density at radius 2 is 1.16 bits per heavy atom. The molecule has 0 radical (unpaired) electrons. The molecule has 5 rings (SSSR count). The zero-order valence-corrected chi connectivity index (χ0v) is 28.9. The Bertz CT molecular complexity index is 1940. The van der Waals surface area contributed by atoms with Gasteiger partial charge in [0.1, 0.15) is 5.78 Å². The van der Waals surface area contributed by atoms with Crippen molar-refractivity contribution in [1.82, 2.24) is 10.6 Å². The summed E-state index contributed by atoms with van der Waals surface area (Å²) in [4.78, 5) is 52.8. The van der Waals surface area contributed by atoms with Crippen LogP contribution in [0.1, 0.15) is 45.4 Å². The lowest BCUT2D eigenvalue weighted by molar-refractivity contribution is -0.147. The van der Waals surface area contributed by atoms with Gasteiger partial charge in [0.25, 0.3) is 0 Å². The van der Waals surface area contributed by atoms with Crippen LogP contribution in [0.5, 0.6) is 0 Å². The van der Waals surface area contributed by atoms with Gasteiger partial charge in [-0.05, 0) is 51.8 Å². The summed E-state index contributed by atoms with van der Waals surface area (Å²) in [5, 5.41) is 5.87. The molecule has 0 spiro atoms. The first-order chi connectivity index (χ1) is 24.0. The van der Waals surface area contributed by atoms with E-state index in [1.807, 2.05) is 78.9 Å². The summed E-state index contributed by atoms with van der Waals surface area (Å²) in [6, 6.07) is 31.0. The van der Waals surface area contributed by atoms with Gasteiger partial charge in [0, 0.05) is 25.4 Å². The van der Waals surface area contributed by atoms with Gasteiger partial charge >= 0.3 is 5.97 Å². The minimum atomic E-state index is -3.72. The van der Waals surface area contributed by atoms with E-state index in [-0.39, 0.29) is 74.3 Å². The van der Waals surface area contributed by atoms with Crippen LogP contribution in [-0.4, -0.2) is 44.8 Å². The molecule has 0 aliphatic carbocycles. The van der Waals surface area contributed by atoms with E-state index in [1.165, 1.54) is 7.11 Å². The molecule has 1 aliphatic rings. The molecule has 0 saturated heterocycles. The Morgan fingerprint density at radius 3 is 1.72 bits per heavy atom. The van der Waals surface area contributed by atoms with E-state index in [0.29, 0.717) is 5.56 Å². The molecule has 2 N–H and O–H groups in total. The highest BCUT2D eigenvalue weighted by molar-refractivity contribution is 7.90. The smallest absolute Gasteiger partial charge is 0.309 e. The summed E-state index contributed by atoms with van der Waals surface area (Å²) in [6.45, 7) is 0.499. The number of nitrogens with one attached hydrogen (secondary N) is 2. The number of hydrogen-bond acceptors (Lipinski definition) is 7. The number of carbonyl (C=O) groups excluding carboxylic acids is 4. The second kappa shape index (κ2) is 17.0. The third-order valence-electron chi connectivity index (χ3n) is 8.77. The van der Waals surface area contributed by atoms with Gasteiger partial charge in [-0.1, -0.05) is 103 Å². The normalized spacial score (nSPS) is 18.0. The van der Waals surface area contributed by atoms with Crippen molar-refractivity contribution < 1.29 is 32.3 Å². The lowest BCUT2D eigenvalue weighted by atomic mass is 9.87. The van der Waals surface area contributed by atoms with Gasteiger partial charge in [-0.25, -0.2) is 8.42 Å². The van der Waals surface area contributed by atoms with Gasteiger partial charge in [-0.3, -0.25) is 19.2 Å². The first-order valence-electron chi connectivity index (χ1n) is 16.7. The van der Waals surface area contributed by atoms with Crippen LogP contribution in [0.2, 0.25) is 0 Å². The molecule has 0 unspecified atom stereocenters. The van der Waals surface area contributed by atoms with Crippen molar-refractivity contribution in [3.05, 3.63) is 142 Å². The number of esters is 1. The van der Waals surface area contributed by atoms with Crippen LogP contribution in [0.4, 0.5) is 0 Å². The van der Waals surface area contributed by atoms with Gasteiger partial charge in [-0.2, -0.15) is 0 Å². The van der Waals surface area contributed by atoms with Crippen molar-refractivity contribution in [2.45, 2.75) is 50.9 Å². The van der Waals surface area contributed by atoms with Crippen LogP contribution in [0, 0.1) is 11.8 Å². The maximum absolute atomic E-state index is 14.1. The molecular weight excluding hydrogens is 653 g/mol. The number of methoxy groups -OCH3 is 1. The molecule has 6 bridgehead atoms. The van der Waals surface area contributed by atoms with Crippen LogP contribution < -0.4 is 10.6 Å². The number of amides is 2. The number of rotatable bonds is 5. The first-order valence-corrected chi connectivity index (χ1v) is 18.5. The Labute approximate surface area is 293 Å². The molecule has 0 saturated carbocycles. The zero-order chi connectivity index (χ0) is 35.5. The molecule has 260 valence electrons. The van der Waals surface area contributed by atoms with E-state index in [2.05, 4.69) is 10.6 Å². The Balaban J connectivity index is 1.46. The molecule has 9 nitrogen and oxygen atoms in total. The van der Waals surface area contributed by atoms with Gasteiger partial charge in [-0.15, -0.1) is 0 Å². The first kappa shape index (κ1) is 36.2. The molecular formula is C40H42N2O7S. The molecule has 4 aromatic carbocycles. The summed E-state index contributed by atoms with van der Waals surface area (Å²) in [5.74, 6) is -3.64. The number of fused-ring (bicyclic) bond motifs is 6. The minimum Gasteiger partial charge on any atom is -0.469 e. The van der Waals surface area contributed by atoms with Crippen LogP contribution in [0.3, 0.4) is 0 Å². The number of ether oxygens (including phenoxy) is 1. The van der Waals surface area contributed by atoms with Crippen LogP contribution in [-0.2, 0) is 78.3 Å². The highest BCUT2D eigenvalue weighted by atomic mass is 32.2. The third kappa shape index (κ3) is 11.0. The van der Waals surface area contributed by atoms with E-state index in [9.17, 15) is 27.6 Å². The van der Waals surface area contributed by atoms with Gasteiger partial charge in [0.2, 0.25) is 11.8 Å². The average molecular weight is 695 g/mol. The standard InChI is InChI=1S/C40H42N2O7S/c1-49-40(46)35-19-29-10-6-14-33(17-29)24-41-38(44)21-31-12-5-13-32(16-31)22-39(45)42-25-34-15-7-11-30(18-34)20-36(37(43)23-35)27-50(47,48)26-28-8-3-2-4-9-28/h2-18,35-36H,19-27H2,1H3,(H,41,44)(H,42,45)/t35-,36+/m1/s1. The maximum atomic E-state index is 14.1. The fourth-order valence-electron chi connectivity index (χ4n) is 6.32. The Morgan fingerprint density at radius 1 is 0.660 bits per heavy atom. The SMILES string of the molecule is COC(=O)[C@H]1CC(=O)[C@H](CS(=O)(=O)Cc2ccccc2)Cc2cccc(c2)CNC(=O)Cc2cccc(c2)CC(=O)NCc2cccc(c2)C1. The fraction of sp³-hybridized carbons (Fsp3) is 0.300. The number of carbonyl (C=O) groups is 4. The molecule has 2 amide bonds. The summed E-state index contributed by atoms with van der Waals surface area (Å²) < 4.78 is 32.1. The lowest BCUT2D eigenvalue weighted by Gasteiger charge is -2.20. The monoisotopic (exact) mass is 694 g/mol. The second-order valence-corrected chi connectivity index (χ2v) is 15.0. The van der Waals surface area contributed by atoms with E-state index in [4.69, 9.17) is 4.74 Å². The molecule has 4 aromatic rings. The van der Waals surface area contributed by atoms with Crippen molar-refractivity contribution in [3.63, 3.8) is 0 Å². The fourth-order valence-corrected chi connectivity index (χ4v) is 8.06. The second-order valence-electron chi connectivity index (χ2n) is 12.9. The quantitative estimate of drug-likeness (QED) is 0.294. The predicted octanol–water partition coefficient (Wildman–Crippen LogP) is 4.48. The molecule has 10 heteroatoms. The zero-order valence-electron chi connectivity index (χ0n) is 28.1. The van der Waals surface area contributed by atoms with Crippen molar-refractivity contribution in [1.29, 1.82) is 0 Å². The van der Waals surface area contributed by atoms with Crippen LogP contribution >= 0.6 is 0 Å². The molecule has 1 heterocycles. The van der Waals surface area contributed by atoms with Gasteiger partial charge < -0.3 is 15.4 Å². The Kier molecular flexibility index (Phi) is 12.3. The lowest BCUT2D eigenvalue weighted by Crippen LogP contribution is -2.31. The summed E-state index contributed by atoms with van der Waals surface area (Å²) in [7, 11) is -2.46. The van der Waals surface area contributed by atoms with E-state index >= 15 is 0 Å². The third-order valence-corrected chi connectivity index (χ3v) is 10.5. The van der Waals surface area contributed by atoms with Crippen molar-refractivity contribution in [2.24, 2.45) is 11.8 Å².